The molecule has 3 heteroatoms. The maximum atomic E-state index is 8.84. The van der Waals surface area contributed by atoms with E-state index >= 15 is 0 Å². The van der Waals surface area contributed by atoms with Gasteiger partial charge in [0.1, 0.15) is 0 Å². The van der Waals surface area contributed by atoms with E-state index in [0.717, 1.165) is 12.2 Å². The quantitative estimate of drug-likeness (QED) is 0.862. The smallest absolute Gasteiger partial charge is 0.0992 e. The Morgan fingerprint density at radius 3 is 2.88 bits per heavy atom. The number of hydrogen-bond donors (Lipinski definition) is 1. The number of nitrogens with zero attached hydrogens (tertiary/aromatic N) is 2. The van der Waals surface area contributed by atoms with E-state index in [2.05, 4.69) is 23.2 Å². The molecular formula is C14H19N3. The average Bonchev–Trinajstić information content (AvgIpc) is 2.82. The normalized spacial score (nSPS) is 17.6. The van der Waals surface area contributed by atoms with Crippen molar-refractivity contribution in [3.8, 4) is 6.07 Å². The fourth-order valence-electron chi connectivity index (χ4n) is 2.36. The van der Waals surface area contributed by atoms with Crippen molar-refractivity contribution >= 4 is 5.69 Å². The Morgan fingerprint density at radius 2 is 2.18 bits per heavy atom. The van der Waals surface area contributed by atoms with Crippen molar-refractivity contribution in [2.24, 2.45) is 0 Å². The van der Waals surface area contributed by atoms with Crippen LogP contribution in [0.3, 0.4) is 0 Å². The lowest BCUT2D eigenvalue weighted by Gasteiger charge is -2.22. The number of benzene rings is 1. The second-order valence-corrected chi connectivity index (χ2v) is 4.75. The van der Waals surface area contributed by atoms with E-state index in [0.29, 0.717) is 11.6 Å². The summed E-state index contributed by atoms with van der Waals surface area (Å²) < 4.78 is 0. The first-order valence-corrected chi connectivity index (χ1v) is 6.27. The lowest BCUT2D eigenvalue weighted by atomic mass is 10.2. The van der Waals surface area contributed by atoms with E-state index in [1.165, 1.54) is 25.9 Å². The lowest BCUT2D eigenvalue weighted by Crippen LogP contribution is -2.32. The molecule has 0 saturated carbocycles. The van der Waals surface area contributed by atoms with Gasteiger partial charge in [0.25, 0.3) is 0 Å². The van der Waals surface area contributed by atoms with Gasteiger partial charge in [-0.1, -0.05) is 6.07 Å². The number of hydrogen-bond acceptors (Lipinski definition) is 3. The summed E-state index contributed by atoms with van der Waals surface area (Å²) in [5, 5.41) is 12.3. The average molecular weight is 229 g/mol. The second kappa shape index (κ2) is 5.70. The predicted octanol–water partition coefficient (Wildman–Crippen LogP) is 2.45. The standard InChI is InChI=1S/C14H19N3/c1-12(11-17-7-2-3-8-17)16-14-6-4-5-13(9-14)10-15/h4-6,9,12,16H,2-3,7-8,11H2,1H3. The lowest BCUT2D eigenvalue weighted by molar-refractivity contribution is 0.328. The molecule has 17 heavy (non-hydrogen) atoms. The minimum Gasteiger partial charge on any atom is -0.381 e. The summed E-state index contributed by atoms with van der Waals surface area (Å²) in [5.74, 6) is 0. The van der Waals surface area contributed by atoms with Gasteiger partial charge in [0, 0.05) is 18.3 Å². The van der Waals surface area contributed by atoms with Crippen molar-refractivity contribution in [1.29, 1.82) is 5.26 Å². The fraction of sp³-hybridized carbons (Fsp3) is 0.500. The molecule has 1 unspecified atom stereocenters. The summed E-state index contributed by atoms with van der Waals surface area (Å²) in [4.78, 5) is 2.49. The van der Waals surface area contributed by atoms with Crippen LogP contribution in [-0.4, -0.2) is 30.6 Å². The Bertz CT molecular complexity index is 402. The van der Waals surface area contributed by atoms with E-state index in [1.54, 1.807) is 0 Å². The van der Waals surface area contributed by atoms with Gasteiger partial charge in [-0.05, 0) is 51.1 Å². The van der Waals surface area contributed by atoms with Crippen molar-refractivity contribution in [1.82, 2.24) is 4.90 Å². The van der Waals surface area contributed by atoms with Crippen LogP contribution in [0.2, 0.25) is 0 Å². The van der Waals surface area contributed by atoms with Crippen LogP contribution >= 0.6 is 0 Å². The molecule has 0 spiro atoms. The van der Waals surface area contributed by atoms with Crippen molar-refractivity contribution in [3.05, 3.63) is 29.8 Å². The molecule has 1 saturated heterocycles. The molecule has 0 aliphatic carbocycles. The number of nitriles is 1. The van der Waals surface area contributed by atoms with Gasteiger partial charge in [0.2, 0.25) is 0 Å². The molecule has 1 fully saturated rings. The van der Waals surface area contributed by atoms with Gasteiger partial charge >= 0.3 is 0 Å². The van der Waals surface area contributed by atoms with Crippen molar-refractivity contribution < 1.29 is 0 Å². The number of nitrogens with one attached hydrogen (secondary N) is 1. The van der Waals surface area contributed by atoms with Crippen LogP contribution in [0.4, 0.5) is 5.69 Å². The summed E-state index contributed by atoms with van der Waals surface area (Å²) in [6, 6.07) is 10.3. The third-order valence-corrected chi connectivity index (χ3v) is 3.14. The largest absolute Gasteiger partial charge is 0.381 e. The third-order valence-electron chi connectivity index (χ3n) is 3.14. The first kappa shape index (κ1) is 11.9. The second-order valence-electron chi connectivity index (χ2n) is 4.75. The van der Waals surface area contributed by atoms with E-state index in [1.807, 2.05) is 24.3 Å². The van der Waals surface area contributed by atoms with Crippen LogP contribution in [0.25, 0.3) is 0 Å². The maximum Gasteiger partial charge on any atom is 0.0992 e. The molecule has 0 radical (unpaired) electrons. The molecule has 1 N–H and O–H groups in total. The molecule has 2 rings (SSSR count). The van der Waals surface area contributed by atoms with E-state index in [-0.39, 0.29) is 0 Å². The molecule has 1 aliphatic heterocycles. The maximum absolute atomic E-state index is 8.84. The summed E-state index contributed by atoms with van der Waals surface area (Å²) in [6.07, 6.45) is 2.66. The predicted molar refractivity (Wildman–Crippen MR) is 69.9 cm³/mol. The zero-order valence-corrected chi connectivity index (χ0v) is 10.3. The fourth-order valence-corrected chi connectivity index (χ4v) is 2.36. The van der Waals surface area contributed by atoms with Gasteiger partial charge < -0.3 is 10.2 Å². The van der Waals surface area contributed by atoms with Gasteiger partial charge in [-0.2, -0.15) is 5.26 Å². The topological polar surface area (TPSA) is 39.1 Å². The number of rotatable bonds is 4. The molecular weight excluding hydrogens is 210 g/mol. The monoisotopic (exact) mass is 229 g/mol. The molecule has 1 atom stereocenters. The molecule has 1 aromatic carbocycles. The first-order valence-electron chi connectivity index (χ1n) is 6.27. The van der Waals surface area contributed by atoms with Crippen LogP contribution in [0.15, 0.2) is 24.3 Å². The summed E-state index contributed by atoms with van der Waals surface area (Å²) in [7, 11) is 0. The van der Waals surface area contributed by atoms with Crippen molar-refractivity contribution in [2.45, 2.75) is 25.8 Å². The molecule has 0 amide bonds. The highest BCUT2D eigenvalue weighted by Crippen LogP contribution is 2.13. The Labute approximate surface area is 103 Å². The molecule has 1 aromatic rings. The molecule has 90 valence electrons. The van der Waals surface area contributed by atoms with E-state index in [9.17, 15) is 0 Å². The highest BCUT2D eigenvalue weighted by atomic mass is 15.2. The molecule has 1 heterocycles. The zero-order chi connectivity index (χ0) is 12.1. The van der Waals surface area contributed by atoms with E-state index in [4.69, 9.17) is 5.26 Å². The van der Waals surface area contributed by atoms with Gasteiger partial charge in [-0.25, -0.2) is 0 Å². The summed E-state index contributed by atoms with van der Waals surface area (Å²) in [5.41, 5.74) is 1.75. The highest BCUT2D eigenvalue weighted by molar-refractivity contribution is 5.49. The highest BCUT2D eigenvalue weighted by Gasteiger charge is 2.14. The SMILES string of the molecule is CC(CN1CCCC1)Nc1cccc(C#N)c1. The minimum absolute atomic E-state index is 0.419. The van der Waals surface area contributed by atoms with Gasteiger partial charge in [0.05, 0.1) is 11.6 Å². The molecule has 0 aromatic heterocycles. The Kier molecular flexibility index (Phi) is 4.00. The molecule has 1 aliphatic rings. The minimum atomic E-state index is 0.419. The summed E-state index contributed by atoms with van der Waals surface area (Å²) in [6.45, 7) is 5.72. The Morgan fingerprint density at radius 1 is 1.41 bits per heavy atom. The molecule has 3 nitrogen and oxygen atoms in total. The number of anilines is 1. The van der Waals surface area contributed by atoms with Crippen molar-refractivity contribution in [2.75, 3.05) is 25.0 Å². The van der Waals surface area contributed by atoms with Gasteiger partial charge in [-0.3, -0.25) is 0 Å². The zero-order valence-electron chi connectivity index (χ0n) is 10.3. The van der Waals surface area contributed by atoms with Crippen LogP contribution in [0.5, 0.6) is 0 Å². The van der Waals surface area contributed by atoms with Crippen molar-refractivity contribution in [3.63, 3.8) is 0 Å². The van der Waals surface area contributed by atoms with Crippen LogP contribution in [-0.2, 0) is 0 Å². The Balaban J connectivity index is 1.88. The third kappa shape index (κ3) is 3.47. The number of likely N-dealkylation sites (tertiary alicyclic amines) is 1. The Hall–Kier alpha value is -1.53. The molecule has 0 bridgehead atoms. The van der Waals surface area contributed by atoms with Crippen LogP contribution < -0.4 is 5.32 Å². The van der Waals surface area contributed by atoms with Gasteiger partial charge in [-0.15, -0.1) is 0 Å². The first-order chi connectivity index (χ1) is 8.28. The van der Waals surface area contributed by atoms with Gasteiger partial charge in [0.15, 0.2) is 0 Å². The van der Waals surface area contributed by atoms with Crippen LogP contribution in [0.1, 0.15) is 25.3 Å². The van der Waals surface area contributed by atoms with E-state index < -0.39 is 0 Å². The van der Waals surface area contributed by atoms with Crippen LogP contribution in [0, 0.1) is 11.3 Å². The summed E-state index contributed by atoms with van der Waals surface area (Å²) >= 11 is 0.